The maximum absolute atomic E-state index is 15.6. The number of benzene rings is 3. The predicted molar refractivity (Wildman–Crippen MR) is 231 cm³/mol. The van der Waals surface area contributed by atoms with Crippen LogP contribution in [0.25, 0.3) is 0 Å². The van der Waals surface area contributed by atoms with Gasteiger partial charge in [0.25, 0.3) is 0 Å². The first-order valence-corrected chi connectivity index (χ1v) is 32.6. The molecule has 3 aromatic carbocycles. The Morgan fingerprint density at radius 1 is 0.446 bits per heavy atom. The summed E-state index contributed by atoms with van der Waals surface area (Å²) in [5.74, 6) is 0. The zero-order valence-electron chi connectivity index (χ0n) is 34.8. The molecule has 0 radical (unpaired) electrons. The summed E-state index contributed by atoms with van der Waals surface area (Å²) >= 11 is -6.47. The van der Waals surface area contributed by atoms with Gasteiger partial charge in [0.1, 0.15) is 0 Å². The summed E-state index contributed by atoms with van der Waals surface area (Å²) in [5, 5.41) is 0. The molecule has 0 bridgehead atoms. The smallest absolute Gasteiger partial charge is 0.0654 e. The third-order valence-electron chi connectivity index (χ3n) is 11.1. The van der Waals surface area contributed by atoms with Crippen molar-refractivity contribution in [3.63, 3.8) is 0 Å². The topological polar surface area (TPSA) is 128 Å². The molecular formula is C45H71NO6S3Ti. The summed E-state index contributed by atoms with van der Waals surface area (Å²) in [5.41, 5.74) is 7.18. The van der Waals surface area contributed by atoms with E-state index in [0.717, 1.165) is 51.4 Å². The molecule has 0 aliphatic rings. The summed E-state index contributed by atoms with van der Waals surface area (Å²) in [6.07, 6.45) is 23.3. The second kappa shape index (κ2) is 24.2. The van der Waals surface area contributed by atoms with Crippen LogP contribution in [0.5, 0.6) is 0 Å². The van der Waals surface area contributed by atoms with Gasteiger partial charge in [-0.15, -0.1) is 0 Å². The second-order valence-corrected chi connectivity index (χ2v) is 42.7. The molecule has 7 nitrogen and oxygen atoms in total. The summed E-state index contributed by atoms with van der Waals surface area (Å²) in [4.78, 5) is -0.661. The van der Waals surface area contributed by atoms with Gasteiger partial charge in [-0.2, -0.15) is 0 Å². The van der Waals surface area contributed by atoms with E-state index in [1.54, 1.807) is 36.4 Å². The van der Waals surface area contributed by atoms with E-state index in [0.29, 0.717) is 29.7 Å². The zero-order valence-corrected chi connectivity index (χ0v) is 38.8. The van der Waals surface area contributed by atoms with Crippen LogP contribution in [0.1, 0.15) is 167 Å². The summed E-state index contributed by atoms with van der Waals surface area (Å²) in [6.45, 7) is 7.37. The first kappa shape index (κ1) is 48.4. The number of rotatable bonds is 29. The van der Waals surface area contributed by atoms with Crippen molar-refractivity contribution in [1.29, 1.82) is 0 Å². The number of hydrogen-bond acceptors (Lipinski definition) is 7. The van der Waals surface area contributed by atoms with E-state index in [-0.39, 0.29) is 14.7 Å². The number of unbranched alkanes of at least 4 members (excludes halogenated alkanes) is 18. The van der Waals surface area contributed by atoms with Gasteiger partial charge in [-0.3, -0.25) is 0 Å². The van der Waals surface area contributed by atoms with Gasteiger partial charge in [0.15, 0.2) is 0 Å². The molecule has 0 fully saturated rings. The van der Waals surface area contributed by atoms with Crippen LogP contribution in [0.3, 0.4) is 0 Å². The van der Waals surface area contributed by atoms with Crippen LogP contribution in [0, 0.1) is 0 Å². The quantitative estimate of drug-likeness (QED) is 0.0418. The Hall–Kier alpha value is -1.98. The Morgan fingerprint density at radius 2 is 0.768 bits per heavy atom. The van der Waals surface area contributed by atoms with Crippen molar-refractivity contribution in [2.75, 3.05) is 5.73 Å². The number of aryl methyl sites for hydroxylation is 2. The van der Waals surface area contributed by atoms with Crippen molar-refractivity contribution >= 4 is 28.0 Å². The van der Waals surface area contributed by atoms with Gasteiger partial charge in [-0.25, -0.2) is 0 Å². The van der Waals surface area contributed by atoms with E-state index in [2.05, 4.69) is 13.8 Å². The van der Waals surface area contributed by atoms with Gasteiger partial charge in [-0.1, -0.05) is 39.5 Å². The molecule has 0 spiro atoms. The van der Waals surface area contributed by atoms with Crippen LogP contribution in [0.2, 0.25) is 4.22 Å². The van der Waals surface area contributed by atoms with Crippen molar-refractivity contribution in [2.45, 2.75) is 188 Å². The fraction of sp³-hybridized carbons (Fsp3) is 0.600. The van der Waals surface area contributed by atoms with Gasteiger partial charge in [0.05, 0.1) is 0 Å². The van der Waals surface area contributed by atoms with Gasteiger partial charge in [0, 0.05) is 0 Å². The molecule has 0 heterocycles. The Labute approximate surface area is 341 Å². The third kappa shape index (κ3) is 12.3. The van der Waals surface area contributed by atoms with Crippen LogP contribution >= 0.6 is 0 Å². The molecule has 2 N–H and O–H groups in total. The second-order valence-electron chi connectivity index (χ2n) is 15.9. The average Bonchev–Trinajstić information content (AvgIpc) is 3.16. The average molecular weight is 866 g/mol. The molecule has 314 valence electrons. The van der Waals surface area contributed by atoms with Crippen LogP contribution in [-0.2, 0) is 47.8 Å². The summed E-state index contributed by atoms with van der Waals surface area (Å²) in [7, 11) is -14.9. The fourth-order valence-electron chi connectivity index (χ4n) is 8.03. The van der Waals surface area contributed by atoms with Crippen LogP contribution < -0.4 is 5.73 Å². The van der Waals surface area contributed by atoms with E-state index < -0.39 is 39.2 Å². The minimum atomic E-state index is -6.47. The third-order valence-corrected chi connectivity index (χ3v) is 54.3. The Balaban J connectivity index is 2.01. The van der Waals surface area contributed by atoms with Gasteiger partial charge in [0.2, 0.25) is 0 Å². The minimum absolute atomic E-state index is 0.167. The predicted octanol–water partition coefficient (Wildman–Crippen LogP) is 12.6. The van der Waals surface area contributed by atoms with E-state index in [4.69, 9.17) is 5.73 Å². The number of anilines is 1. The van der Waals surface area contributed by atoms with Crippen molar-refractivity contribution in [3.05, 3.63) is 83.9 Å². The maximum atomic E-state index is 15.6. The molecule has 0 amide bonds. The van der Waals surface area contributed by atoms with E-state index in [1.165, 1.54) is 127 Å². The molecule has 3 rings (SSSR count). The molecule has 56 heavy (non-hydrogen) atoms. The number of hydrogen-bond donors (Lipinski definition) is 1. The van der Waals surface area contributed by atoms with Crippen LogP contribution in [-0.4, -0.2) is 25.3 Å². The van der Waals surface area contributed by atoms with E-state index in [9.17, 15) is 0 Å². The van der Waals surface area contributed by atoms with Gasteiger partial charge >= 0.3 is 304 Å². The van der Waals surface area contributed by atoms with E-state index >= 15 is 25.3 Å². The van der Waals surface area contributed by atoms with Crippen molar-refractivity contribution < 1.29 is 37.9 Å². The molecule has 0 atom stereocenters. The minimum Gasteiger partial charge on any atom is -0.0654 e. The number of nitrogens with two attached hydrogens (primary N) is 1. The molecule has 0 aromatic heterocycles. The van der Waals surface area contributed by atoms with Gasteiger partial charge in [-0.05, 0) is 0 Å². The molecular weight excluding hydrogens is 795 g/mol. The molecule has 0 saturated heterocycles. The van der Waals surface area contributed by atoms with Gasteiger partial charge < -0.3 is 0 Å². The van der Waals surface area contributed by atoms with E-state index in [1.807, 2.05) is 0 Å². The zero-order chi connectivity index (χ0) is 41.1. The molecule has 0 unspecified atom stereocenters. The van der Waals surface area contributed by atoms with Crippen LogP contribution in [0.15, 0.2) is 87.5 Å². The Kier molecular flexibility index (Phi) is 20.9. The Bertz CT molecular complexity index is 1830. The molecule has 11 heteroatoms. The molecule has 0 saturated carbocycles. The molecule has 3 aromatic rings. The van der Waals surface area contributed by atoms with Crippen molar-refractivity contribution in [3.8, 4) is 0 Å². The van der Waals surface area contributed by atoms with Crippen molar-refractivity contribution in [1.82, 2.24) is 0 Å². The normalized spacial score (nSPS) is 12.7. The molecule has 0 aliphatic carbocycles. The van der Waals surface area contributed by atoms with Crippen LogP contribution in [0.4, 0.5) is 5.69 Å². The fourth-order valence-corrected chi connectivity index (χ4v) is 51.0. The molecule has 0 aliphatic heterocycles. The monoisotopic (exact) mass is 865 g/mol. The Morgan fingerprint density at radius 3 is 1.11 bits per heavy atom. The first-order chi connectivity index (χ1) is 26.8. The SMILES string of the molecule is CCCCCCCCCCCCc1ccccc1[S](=O)(=O)[Ti]([CH](C)C)([S](=O)(=O)c1ccc(N)cc1)[S](=O)(=O)c1ccccc1CCCCCCCCCCCC. The summed E-state index contributed by atoms with van der Waals surface area (Å²) < 4.78 is 91.5. The standard InChI is InChI=1S/2C18H29O2S.C6H6NO2S.C3H7.Ti/c2*1-2-3-4-5-6-7-8-9-10-11-14-17-15-12-13-16-18(17)21(19)20;7-5-1-3-6(4-2-5)10(8)9;1-3-2;/h2*12-13,15-16H,2-11,14H2,1H3;1-4H,7H2;3H,1-2H3;. The number of nitrogen functional groups attached to an aromatic ring is 1. The first-order valence-electron chi connectivity index (χ1n) is 21.6. The van der Waals surface area contributed by atoms with Crippen molar-refractivity contribution in [2.24, 2.45) is 0 Å². The summed E-state index contributed by atoms with van der Waals surface area (Å²) in [6, 6.07) is 18.2.